The molecule has 0 heterocycles. The molecule has 1 rings (SSSR count). The van der Waals surface area contributed by atoms with Crippen molar-refractivity contribution in [3.05, 3.63) is 34.3 Å². The third-order valence-electron chi connectivity index (χ3n) is 2.74. The van der Waals surface area contributed by atoms with Crippen molar-refractivity contribution in [3.63, 3.8) is 0 Å². The van der Waals surface area contributed by atoms with E-state index in [0.29, 0.717) is 19.0 Å². The van der Waals surface area contributed by atoms with Crippen molar-refractivity contribution in [2.45, 2.75) is 32.7 Å². The molecule has 4 heteroatoms. The predicted molar refractivity (Wildman–Crippen MR) is 78.6 cm³/mol. The van der Waals surface area contributed by atoms with Crippen LogP contribution in [0.25, 0.3) is 0 Å². The van der Waals surface area contributed by atoms with E-state index in [1.807, 2.05) is 24.3 Å². The van der Waals surface area contributed by atoms with Gasteiger partial charge in [0.2, 0.25) is 5.91 Å². The number of nitrogens with one attached hydrogen (secondary N) is 2. The summed E-state index contributed by atoms with van der Waals surface area (Å²) in [4.78, 5) is 11.7. The first-order valence-corrected chi connectivity index (χ1v) is 7.16. The lowest BCUT2D eigenvalue weighted by Crippen LogP contribution is -2.38. The average molecular weight is 313 g/mol. The second-order valence-electron chi connectivity index (χ2n) is 4.35. The molecule has 1 amide bonds. The van der Waals surface area contributed by atoms with Crippen LogP contribution in [0.4, 0.5) is 0 Å². The van der Waals surface area contributed by atoms with E-state index in [-0.39, 0.29) is 5.91 Å². The van der Waals surface area contributed by atoms with Crippen LogP contribution in [0.2, 0.25) is 0 Å². The maximum atomic E-state index is 11.7. The number of hydrogen-bond acceptors (Lipinski definition) is 2. The van der Waals surface area contributed by atoms with Gasteiger partial charge in [-0.3, -0.25) is 4.79 Å². The fourth-order valence-corrected chi connectivity index (χ4v) is 2.21. The molecule has 0 aliphatic carbocycles. The van der Waals surface area contributed by atoms with Crippen molar-refractivity contribution < 1.29 is 4.79 Å². The van der Waals surface area contributed by atoms with Gasteiger partial charge < -0.3 is 10.6 Å². The Morgan fingerprint density at radius 2 is 2.11 bits per heavy atom. The van der Waals surface area contributed by atoms with E-state index in [1.165, 1.54) is 5.56 Å². The topological polar surface area (TPSA) is 41.1 Å². The summed E-state index contributed by atoms with van der Waals surface area (Å²) in [5.74, 6) is 0.107. The minimum Gasteiger partial charge on any atom is -0.355 e. The van der Waals surface area contributed by atoms with E-state index in [0.717, 1.165) is 17.4 Å². The van der Waals surface area contributed by atoms with Crippen molar-refractivity contribution in [2.24, 2.45) is 0 Å². The monoisotopic (exact) mass is 312 g/mol. The van der Waals surface area contributed by atoms with Crippen molar-refractivity contribution in [1.29, 1.82) is 0 Å². The first kappa shape index (κ1) is 15.2. The Kier molecular flexibility index (Phi) is 6.98. The molecule has 0 unspecified atom stereocenters. The maximum absolute atomic E-state index is 11.7. The molecule has 100 valence electrons. The van der Waals surface area contributed by atoms with Gasteiger partial charge in [0.25, 0.3) is 0 Å². The number of halogens is 1. The lowest BCUT2D eigenvalue weighted by atomic mass is 10.1. The smallest absolute Gasteiger partial charge is 0.220 e. The first-order chi connectivity index (χ1) is 8.63. The van der Waals surface area contributed by atoms with Crippen molar-refractivity contribution in [2.75, 3.05) is 13.1 Å². The van der Waals surface area contributed by atoms with Crippen LogP contribution in [0.15, 0.2) is 28.7 Å². The number of carbonyl (C=O) groups is 1. The fraction of sp³-hybridized carbons (Fsp3) is 0.500. The Balaban J connectivity index is 2.27. The zero-order valence-electron chi connectivity index (χ0n) is 11.0. The van der Waals surface area contributed by atoms with Gasteiger partial charge in [0.05, 0.1) is 0 Å². The fourth-order valence-electron chi connectivity index (χ4n) is 1.73. The SMILES string of the molecule is CCN[C@H](C)CNC(=O)CCc1ccccc1Br. The van der Waals surface area contributed by atoms with Crippen LogP contribution >= 0.6 is 15.9 Å². The highest BCUT2D eigenvalue weighted by Gasteiger charge is 2.06. The maximum Gasteiger partial charge on any atom is 0.220 e. The highest BCUT2D eigenvalue weighted by atomic mass is 79.9. The molecule has 3 nitrogen and oxygen atoms in total. The number of likely N-dealkylation sites (N-methyl/N-ethyl adjacent to an activating group) is 1. The van der Waals surface area contributed by atoms with Gasteiger partial charge in [0.15, 0.2) is 0 Å². The quantitative estimate of drug-likeness (QED) is 0.812. The summed E-state index contributed by atoms with van der Waals surface area (Å²) in [5, 5.41) is 6.20. The molecule has 0 saturated heterocycles. The van der Waals surface area contributed by atoms with Gasteiger partial charge >= 0.3 is 0 Å². The van der Waals surface area contributed by atoms with Crippen molar-refractivity contribution in [1.82, 2.24) is 10.6 Å². The predicted octanol–water partition coefficient (Wildman–Crippen LogP) is 2.50. The summed E-state index contributed by atoms with van der Waals surface area (Å²) < 4.78 is 1.07. The minimum atomic E-state index is 0.107. The van der Waals surface area contributed by atoms with Crippen LogP contribution < -0.4 is 10.6 Å². The Labute approximate surface area is 117 Å². The molecule has 0 bridgehead atoms. The summed E-state index contributed by atoms with van der Waals surface area (Å²) in [6.07, 6.45) is 1.30. The Morgan fingerprint density at radius 3 is 2.78 bits per heavy atom. The molecule has 0 aromatic heterocycles. The molecule has 0 radical (unpaired) electrons. The van der Waals surface area contributed by atoms with Gasteiger partial charge in [0.1, 0.15) is 0 Å². The van der Waals surface area contributed by atoms with E-state index in [2.05, 4.69) is 40.4 Å². The van der Waals surface area contributed by atoms with Gasteiger partial charge in [-0.25, -0.2) is 0 Å². The minimum absolute atomic E-state index is 0.107. The Morgan fingerprint density at radius 1 is 1.39 bits per heavy atom. The molecule has 1 aromatic rings. The second kappa shape index (κ2) is 8.27. The van der Waals surface area contributed by atoms with E-state index >= 15 is 0 Å². The number of amides is 1. The first-order valence-electron chi connectivity index (χ1n) is 6.37. The molecular formula is C14H21BrN2O. The van der Waals surface area contributed by atoms with Crippen molar-refractivity contribution >= 4 is 21.8 Å². The van der Waals surface area contributed by atoms with Crippen LogP contribution in [0.5, 0.6) is 0 Å². The highest BCUT2D eigenvalue weighted by Crippen LogP contribution is 2.17. The third kappa shape index (κ3) is 5.65. The van der Waals surface area contributed by atoms with Gasteiger partial charge in [-0.1, -0.05) is 41.1 Å². The van der Waals surface area contributed by atoms with Crippen molar-refractivity contribution in [3.8, 4) is 0 Å². The second-order valence-corrected chi connectivity index (χ2v) is 5.21. The summed E-state index contributed by atoms with van der Waals surface area (Å²) >= 11 is 3.49. The largest absolute Gasteiger partial charge is 0.355 e. The zero-order chi connectivity index (χ0) is 13.4. The van der Waals surface area contributed by atoms with Crippen LogP contribution in [-0.4, -0.2) is 25.0 Å². The summed E-state index contributed by atoms with van der Waals surface area (Å²) in [7, 11) is 0. The molecule has 0 aliphatic heterocycles. The third-order valence-corrected chi connectivity index (χ3v) is 3.51. The summed E-state index contributed by atoms with van der Waals surface area (Å²) in [5.41, 5.74) is 1.17. The van der Waals surface area contributed by atoms with Crippen LogP contribution in [0.1, 0.15) is 25.8 Å². The van der Waals surface area contributed by atoms with E-state index < -0.39 is 0 Å². The summed E-state index contributed by atoms with van der Waals surface area (Å²) in [6, 6.07) is 8.33. The molecular weight excluding hydrogens is 292 g/mol. The lowest BCUT2D eigenvalue weighted by molar-refractivity contribution is -0.121. The van der Waals surface area contributed by atoms with E-state index in [4.69, 9.17) is 0 Å². The molecule has 0 aliphatic rings. The van der Waals surface area contributed by atoms with E-state index in [1.54, 1.807) is 0 Å². The van der Waals surface area contributed by atoms with Crippen LogP contribution in [0, 0.1) is 0 Å². The van der Waals surface area contributed by atoms with Gasteiger partial charge in [-0.2, -0.15) is 0 Å². The summed E-state index contributed by atoms with van der Waals surface area (Å²) in [6.45, 7) is 5.74. The van der Waals surface area contributed by atoms with Crippen LogP contribution in [0.3, 0.4) is 0 Å². The molecule has 2 N–H and O–H groups in total. The lowest BCUT2D eigenvalue weighted by Gasteiger charge is -2.13. The molecule has 18 heavy (non-hydrogen) atoms. The number of benzene rings is 1. The molecule has 0 spiro atoms. The molecule has 0 fully saturated rings. The standard InChI is InChI=1S/C14H21BrN2O/c1-3-16-11(2)10-17-14(18)9-8-12-6-4-5-7-13(12)15/h4-7,11,16H,3,8-10H2,1-2H3,(H,17,18)/t11-/m1/s1. The van der Waals surface area contributed by atoms with Crippen LogP contribution in [-0.2, 0) is 11.2 Å². The highest BCUT2D eigenvalue weighted by molar-refractivity contribution is 9.10. The Hall–Kier alpha value is -0.870. The normalized spacial score (nSPS) is 12.2. The van der Waals surface area contributed by atoms with Gasteiger partial charge in [-0.05, 0) is 31.5 Å². The number of aryl methyl sites for hydroxylation is 1. The molecule has 1 atom stereocenters. The molecule has 0 saturated carbocycles. The number of rotatable bonds is 7. The molecule has 1 aromatic carbocycles. The van der Waals surface area contributed by atoms with Gasteiger partial charge in [-0.15, -0.1) is 0 Å². The Bertz CT molecular complexity index is 382. The van der Waals surface area contributed by atoms with E-state index in [9.17, 15) is 4.79 Å². The number of carbonyl (C=O) groups excluding carboxylic acids is 1. The number of hydrogen-bond donors (Lipinski definition) is 2. The zero-order valence-corrected chi connectivity index (χ0v) is 12.6. The van der Waals surface area contributed by atoms with Gasteiger partial charge in [0, 0.05) is 23.5 Å². The average Bonchev–Trinajstić information content (AvgIpc) is 2.36.